The predicted octanol–water partition coefficient (Wildman–Crippen LogP) is 10.5. The molecule has 0 saturated heterocycles. The SMILES string of the molecule is CC1=Nc2ccccc2CC(N(C)C)=N1.CC1CCC(C)CC1.CCC(C)CCc1ccc(Oc2ccccc2)cc1. The second-order valence-corrected chi connectivity index (χ2v) is 12.4. The molecule has 4 heteroatoms. The van der Waals surface area contributed by atoms with Crippen LogP contribution < -0.4 is 4.74 Å². The third-order valence-corrected chi connectivity index (χ3v) is 8.26. The normalized spacial score (nSPS) is 18.4. The molecule has 5 rings (SSSR count). The van der Waals surface area contributed by atoms with Gasteiger partial charge >= 0.3 is 0 Å². The molecule has 2 aliphatic rings. The highest BCUT2D eigenvalue weighted by Crippen LogP contribution is 2.27. The number of likely N-dealkylation sites (N-methyl/N-ethyl adjacent to an activating group) is 1. The number of fused-ring (bicyclic) bond motifs is 1. The van der Waals surface area contributed by atoms with E-state index in [0.717, 1.165) is 59.5 Å². The van der Waals surface area contributed by atoms with Crippen molar-refractivity contribution in [2.75, 3.05) is 14.1 Å². The summed E-state index contributed by atoms with van der Waals surface area (Å²) < 4.78 is 5.78. The Morgan fingerprint density at radius 3 is 1.95 bits per heavy atom. The van der Waals surface area contributed by atoms with Crippen LogP contribution in [0.5, 0.6) is 11.5 Å². The summed E-state index contributed by atoms with van der Waals surface area (Å²) in [5.41, 5.74) is 3.66. The maximum Gasteiger partial charge on any atom is 0.127 e. The highest BCUT2D eigenvalue weighted by molar-refractivity contribution is 5.99. The van der Waals surface area contributed by atoms with Crippen LogP contribution in [0.15, 0.2) is 88.8 Å². The lowest BCUT2D eigenvalue weighted by atomic mass is 9.84. The molecular weight excluding hydrogens is 514 g/mol. The molecule has 0 spiro atoms. The first-order valence-electron chi connectivity index (χ1n) is 15.9. The van der Waals surface area contributed by atoms with Crippen LogP contribution in [0.4, 0.5) is 5.69 Å². The molecule has 0 radical (unpaired) electrons. The minimum absolute atomic E-state index is 0.806. The quantitative estimate of drug-likeness (QED) is 0.297. The van der Waals surface area contributed by atoms with Gasteiger partial charge in [-0.25, -0.2) is 9.98 Å². The van der Waals surface area contributed by atoms with E-state index in [-0.39, 0.29) is 0 Å². The summed E-state index contributed by atoms with van der Waals surface area (Å²) in [5, 5.41) is 0. The number of benzene rings is 3. The van der Waals surface area contributed by atoms with Crippen LogP contribution in [0, 0.1) is 17.8 Å². The topological polar surface area (TPSA) is 37.2 Å². The number of para-hydroxylation sites is 2. The standard InChI is InChI=1S/C18H22O.C12H15N3.C8H16/c1-3-15(2)9-10-16-11-13-18(14-12-16)19-17-7-5-4-6-8-17;1-9-13-11-7-5-4-6-10(11)8-12(14-9)15(2)3;1-7-3-5-8(2)6-4-7/h4-8,11-15H,3,9-10H2,1-2H3;4-7H,8H2,1-3H3;7-8H,3-6H2,1-2H3. The van der Waals surface area contributed by atoms with Crippen molar-refractivity contribution in [1.29, 1.82) is 0 Å². The Morgan fingerprint density at radius 1 is 0.786 bits per heavy atom. The van der Waals surface area contributed by atoms with Crippen LogP contribution in [-0.2, 0) is 12.8 Å². The lowest BCUT2D eigenvalue weighted by molar-refractivity contribution is 0.308. The highest BCUT2D eigenvalue weighted by atomic mass is 16.5. The highest BCUT2D eigenvalue weighted by Gasteiger charge is 2.13. The van der Waals surface area contributed by atoms with Crippen molar-refractivity contribution in [3.63, 3.8) is 0 Å². The molecule has 1 aliphatic carbocycles. The molecule has 0 bridgehead atoms. The Morgan fingerprint density at radius 2 is 1.36 bits per heavy atom. The van der Waals surface area contributed by atoms with E-state index in [1.807, 2.05) is 74.4 Å². The molecule has 4 nitrogen and oxygen atoms in total. The van der Waals surface area contributed by atoms with E-state index >= 15 is 0 Å². The van der Waals surface area contributed by atoms with Gasteiger partial charge in [0.05, 0.1) is 5.69 Å². The number of hydrogen-bond acceptors (Lipinski definition) is 4. The summed E-state index contributed by atoms with van der Waals surface area (Å²) in [4.78, 5) is 11.0. The van der Waals surface area contributed by atoms with E-state index < -0.39 is 0 Å². The van der Waals surface area contributed by atoms with Gasteiger partial charge in [-0.2, -0.15) is 0 Å². The number of aryl methyl sites for hydroxylation is 1. The summed E-state index contributed by atoms with van der Waals surface area (Å²) in [6.07, 6.45) is 10.4. The summed E-state index contributed by atoms with van der Waals surface area (Å²) in [6, 6.07) is 26.5. The van der Waals surface area contributed by atoms with Crippen molar-refractivity contribution in [1.82, 2.24) is 4.90 Å². The second-order valence-electron chi connectivity index (χ2n) is 12.4. The van der Waals surface area contributed by atoms with E-state index in [2.05, 4.69) is 68.0 Å². The summed E-state index contributed by atoms with van der Waals surface area (Å²) in [5.74, 6) is 6.51. The Bertz CT molecular complexity index is 1230. The van der Waals surface area contributed by atoms with Crippen molar-refractivity contribution in [2.24, 2.45) is 27.7 Å². The molecule has 1 unspecified atom stereocenters. The molecular formula is C38H53N3O. The van der Waals surface area contributed by atoms with Gasteiger partial charge in [-0.1, -0.05) is 108 Å². The van der Waals surface area contributed by atoms with E-state index in [0.29, 0.717) is 0 Å². The molecule has 1 fully saturated rings. The molecule has 42 heavy (non-hydrogen) atoms. The molecule has 0 N–H and O–H groups in total. The first-order chi connectivity index (χ1) is 20.2. The molecule has 3 aromatic carbocycles. The van der Waals surface area contributed by atoms with Gasteiger partial charge in [0.2, 0.25) is 0 Å². The minimum Gasteiger partial charge on any atom is -0.457 e. The van der Waals surface area contributed by atoms with E-state index in [4.69, 9.17) is 4.74 Å². The fraction of sp³-hybridized carbons (Fsp3) is 0.474. The number of rotatable bonds is 6. The minimum atomic E-state index is 0.806. The molecule has 1 saturated carbocycles. The van der Waals surface area contributed by atoms with Crippen molar-refractivity contribution in [2.45, 2.75) is 86.0 Å². The maximum atomic E-state index is 5.78. The molecule has 226 valence electrons. The smallest absolute Gasteiger partial charge is 0.127 e. The lowest BCUT2D eigenvalue weighted by Crippen LogP contribution is -2.24. The molecule has 3 aromatic rings. The van der Waals surface area contributed by atoms with Crippen molar-refractivity contribution >= 4 is 17.4 Å². The van der Waals surface area contributed by atoms with Crippen molar-refractivity contribution < 1.29 is 4.74 Å². The zero-order valence-electron chi connectivity index (χ0n) is 27.1. The average molecular weight is 568 g/mol. The fourth-order valence-electron chi connectivity index (χ4n) is 5.02. The van der Waals surface area contributed by atoms with Crippen LogP contribution in [0.25, 0.3) is 0 Å². The van der Waals surface area contributed by atoms with E-state index in [1.54, 1.807) is 0 Å². The van der Waals surface area contributed by atoms with Crippen LogP contribution in [0.1, 0.15) is 84.3 Å². The average Bonchev–Trinajstić information content (AvgIpc) is 3.17. The second kappa shape index (κ2) is 17.5. The third kappa shape index (κ3) is 11.8. The van der Waals surface area contributed by atoms with Crippen LogP contribution in [0.2, 0.25) is 0 Å². The maximum absolute atomic E-state index is 5.78. The fourth-order valence-corrected chi connectivity index (χ4v) is 5.02. The molecule has 1 atom stereocenters. The number of amidine groups is 2. The Labute approximate surface area is 256 Å². The summed E-state index contributed by atoms with van der Waals surface area (Å²) >= 11 is 0. The molecule has 0 aromatic heterocycles. The van der Waals surface area contributed by atoms with Gasteiger partial charge in [-0.05, 0) is 79.0 Å². The van der Waals surface area contributed by atoms with E-state index in [9.17, 15) is 0 Å². The number of nitrogens with zero attached hydrogens (tertiary/aromatic N) is 3. The zero-order valence-corrected chi connectivity index (χ0v) is 27.1. The van der Waals surface area contributed by atoms with Gasteiger partial charge in [0.15, 0.2) is 0 Å². The third-order valence-electron chi connectivity index (χ3n) is 8.26. The van der Waals surface area contributed by atoms with Gasteiger partial charge in [0.1, 0.15) is 23.2 Å². The largest absolute Gasteiger partial charge is 0.457 e. The van der Waals surface area contributed by atoms with Gasteiger partial charge in [-0.15, -0.1) is 0 Å². The van der Waals surface area contributed by atoms with Gasteiger partial charge in [0, 0.05) is 20.5 Å². The van der Waals surface area contributed by atoms with Gasteiger partial charge < -0.3 is 9.64 Å². The van der Waals surface area contributed by atoms with Crippen molar-refractivity contribution in [3.8, 4) is 11.5 Å². The number of hydrogen-bond donors (Lipinski definition) is 0. The summed E-state index contributed by atoms with van der Waals surface area (Å²) in [7, 11) is 4.03. The first kappa shape index (κ1) is 33.1. The predicted molar refractivity (Wildman–Crippen MR) is 182 cm³/mol. The van der Waals surface area contributed by atoms with E-state index in [1.165, 1.54) is 49.7 Å². The molecule has 1 aliphatic heterocycles. The van der Waals surface area contributed by atoms with Gasteiger partial charge in [-0.3, -0.25) is 0 Å². The zero-order chi connectivity index (χ0) is 30.3. The Balaban J connectivity index is 0.000000187. The first-order valence-corrected chi connectivity index (χ1v) is 15.9. The lowest BCUT2D eigenvalue weighted by Gasteiger charge is -2.22. The van der Waals surface area contributed by atoms with Gasteiger partial charge in [0.25, 0.3) is 0 Å². The van der Waals surface area contributed by atoms with Crippen LogP contribution >= 0.6 is 0 Å². The van der Waals surface area contributed by atoms with Crippen LogP contribution in [-0.4, -0.2) is 30.7 Å². The number of ether oxygens (including phenoxy) is 1. The number of aliphatic imine (C=N–C) groups is 2. The van der Waals surface area contributed by atoms with Crippen LogP contribution in [0.3, 0.4) is 0 Å². The Hall–Kier alpha value is -3.40. The Kier molecular flexibility index (Phi) is 13.8. The molecule has 1 heterocycles. The molecule has 0 amide bonds. The van der Waals surface area contributed by atoms with Crippen molar-refractivity contribution in [3.05, 3.63) is 90.0 Å². The monoisotopic (exact) mass is 567 g/mol. The summed E-state index contributed by atoms with van der Waals surface area (Å²) in [6.45, 7) is 11.2.